The molecule has 0 aliphatic carbocycles. The van der Waals surface area contributed by atoms with Gasteiger partial charge < -0.3 is 25.4 Å². The van der Waals surface area contributed by atoms with E-state index in [9.17, 15) is 18.4 Å². The van der Waals surface area contributed by atoms with E-state index in [0.29, 0.717) is 79.3 Å². The van der Waals surface area contributed by atoms with Crippen molar-refractivity contribution in [3.8, 4) is 0 Å². The molecule has 4 N–H and O–H groups in total. The zero-order valence-corrected chi connectivity index (χ0v) is 24.1. The SMILES string of the molecule is O=C(O)CN1CCN(c2ccc(C(=O)Nc3n[nH]c4ccc(Cc5cc(F)cc(F)c5)cc34)c(NC3CCOCC3)c2)CC1. The number of nitrogens with one attached hydrogen (secondary N) is 3. The van der Waals surface area contributed by atoms with Gasteiger partial charge in [-0.05, 0) is 72.9 Å². The Labute approximate surface area is 253 Å². The fourth-order valence-corrected chi connectivity index (χ4v) is 5.85. The molecule has 2 saturated heterocycles. The summed E-state index contributed by atoms with van der Waals surface area (Å²) in [5.41, 5.74) is 4.15. The Kier molecular flexibility index (Phi) is 8.71. The third-order valence-corrected chi connectivity index (χ3v) is 8.11. The third kappa shape index (κ3) is 6.98. The Morgan fingerprint density at radius 1 is 0.955 bits per heavy atom. The van der Waals surface area contributed by atoms with Crippen LogP contribution in [0.3, 0.4) is 0 Å². The summed E-state index contributed by atoms with van der Waals surface area (Å²) in [6.45, 7) is 3.96. The van der Waals surface area contributed by atoms with Gasteiger partial charge in [-0.3, -0.25) is 19.6 Å². The molecule has 230 valence electrons. The van der Waals surface area contributed by atoms with E-state index in [-0.39, 0.29) is 18.5 Å². The molecule has 3 aromatic carbocycles. The molecule has 10 nitrogen and oxygen atoms in total. The van der Waals surface area contributed by atoms with Crippen molar-refractivity contribution in [2.45, 2.75) is 25.3 Å². The molecule has 0 radical (unpaired) electrons. The second kappa shape index (κ2) is 13.0. The number of amides is 1. The van der Waals surface area contributed by atoms with Crippen LogP contribution in [0.1, 0.15) is 34.3 Å². The summed E-state index contributed by atoms with van der Waals surface area (Å²) < 4.78 is 33.0. The molecule has 0 unspecified atom stereocenters. The number of hydrogen-bond donors (Lipinski definition) is 4. The average Bonchev–Trinajstić information content (AvgIpc) is 3.39. The van der Waals surface area contributed by atoms with Crippen molar-refractivity contribution in [2.75, 3.05) is 61.5 Å². The van der Waals surface area contributed by atoms with Crippen LogP contribution in [-0.2, 0) is 16.0 Å². The number of nitrogens with zero attached hydrogens (tertiary/aromatic N) is 3. The molecule has 0 bridgehead atoms. The number of H-pyrrole nitrogens is 1. The molecule has 0 spiro atoms. The van der Waals surface area contributed by atoms with Crippen molar-refractivity contribution >= 4 is 40.0 Å². The molecule has 6 rings (SSSR count). The number of anilines is 3. The Bertz CT molecular complexity index is 1640. The predicted octanol–water partition coefficient (Wildman–Crippen LogP) is 4.48. The van der Waals surface area contributed by atoms with Crippen molar-refractivity contribution in [3.63, 3.8) is 0 Å². The number of benzene rings is 3. The van der Waals surface area contributed by atoms with Crippen LogP contribution in [0, 0.1) is 11.6 Å². The number of aliphatic carboxylic acids is 1. The zero-order valence-electron chi connectivity index (χ0n) is 24.1. The Hall–Kier alpha value is -4.55. The summed E-state index contributed by atoms with van der Waals surface area (Å²) in [5.74, 6) is -2.07. The summed E-state index contributed by atoms with van der Waals surface area (Å²) in [4.78, 5) is 28.9. The van der Waals surface area contributed by atoms with Gasteiger partial charge in [-0.2, -0.15) is 5.10 Å². The summed E-state index contributed by atoms with van der Waals surface area (Å²) in [7, 11) is 0. The van der Waals surface area contributed by atoms with Crippen molar-refractivity contribution in [2.24, 2.45) is 0 Å². The first-order valence-electron chi connectivity index (χ1n) is 14.7. The molecule has 2 aliphatic heterocycles. The van der Waals surface area contributed by atoms with Crippen LogP contribution in [0.25, 0.3) is 10.9 Å². The van der Waals surface area contributed by atoms with Crippen molar-refractivity contribution < 1.29 is 28.2 Å². The Morgan fingerprint density at radius 2 is 1.70 bits per heavy atom. The minimum absolute atomic E-state index is 0.0240. The van der Waals surface area contributed by atoms with Crippen LogP contribution in [0.5, 0.6) is 0 Å². The number of carbonyl (C=O) groups is 2. The highest BCUT2D eigenvalue weighted by Crippen LogP contribution is 2.29. The van der Waals surface area contributed by atoms with Crippen molar-refractivity contribution in [1.29, 1.82) is 0 Å². The number of aromatic amines is 1. The molecule has 0 atom stereocenters. The van der Waals surface area contributed by atoms with E-state index in [1.54, 1.807) is 6.07 Å². The van der Waals surface area contributed by atoms with E-state index in [1.807, 2.05) is 35.2 Å². The minimum Gasteiger partial charge on any atom is -0.480 e. The van der Waals surface area contributed by atoms with E-state index in [0.717, 1.165) is 30.2 Å². The van der Waals surface area contributed by atoms with Crippen LogP contribution in [0.4, 0.5) is 26.0 Å². The fourth-order valence-electron chi connectivity index (χ4n) is 5.85. The number of ether oxygens (including phenoxy) is 1. The topological polar surface area (TPSA) is 123 Å². The maximum Gasteiger partial charge on any atom is 0.317 e. The van der Waals surface area contributed by atoms with Crippen LogP contribution in [0.15, 0.2) is 54.6 Å². The summed E-state index contributed by atoms with van der Waals surface area (Å²) in [5, 5.41) is 23.6. The van der Waals surface area contributed by atoms with Gasteiger partial charge in [-0.1, -0.05) is 6.07 Å². The zero-order chi connectivity index (χ0) is 30.6. The van der Waals surface area contributed by atoms with Crippen LogP contribution >= 0.6 is 0 Å². The number of carboxylic acid groups (broad SMARTS) is 1. The second-order valence-corrected chi connectivity index (χ2v) is 11.3. The Balaban J connectivity index is 1.23. The average molecular weight is 605 g/mol. The van der Waals surface area contributed by atoms with Crippen LogP contribution < -0.4 is 15.5 Å². The van der Waals surface area contributed by atoms with Crippen molar-refractivity contribution in [3.05, 3.63) is 82.9 Å². The van der Waals surface area contributed by atoms with Gasteiger partial charge in [-0.25, -0.2) is 8.78 Å². The number of aromatic nitrogens is 2. The van der Waals surface area contributed by atoms with E-state index in [1.165, 1.54) is 12.1 Å². The lowest BCUT2D eigenvalue weighted by Gasteiger charge is -2.35. The maximum absolute atomic E-state index is 13.7. The Morgan fingerprint density at radius 3 is 2.43 bits per heavy atom. The first-order valence-corrected chi connectivity index (χ1v) is 14.7. The van der Waals surface area contributed by atoms with Gasteiger partial charge in [0.25, 0.3) is 5.91 Å². The number of rotatable bonds is 9. The van der Waals surface area contributed by atoms with E-state index < -0.39 is 17.6 Å². The molecule has 2 aliphatic rings. The van der Waals surface area contributed by atoms with Gasteiger partial charge in [-0.15, -0.1) is 0 Å². The maximum atomic E-state index is 13.7. The summed E-state index contributed by atoms with van der Waals surface area (Å²) >= 11 is 0. The molecule has 44 heavy (non-hydrogen) atoms. The lowest BCUT2D eigenvalue weighted by molar-refractivity contribution is -0.138. The van der Waals surface area contributed by atoms with E-state index in [4.69, 9.17) is 9.84 Å². The standard InChI is InChI=1S/C32H34F2N6O4/c33-22-14-21(15-23(34)17-22)13-20-1-4-28-27(16-20)31(38-37-28)36-32(43)26-3-2-25(18-29(26)35-24-5-11-44-12-6-24)40-9-7-39(8-10-40)19-30(41)42/h1-4,14-18,24,35H,5-13,19H2,(H,41,42)(H2,36,37,38,43). The normalized spacial score (nSPS) is 16.3. The molecular weight excluding hydrogens is 570 g/mol. The molecule has 2 fully saturated rings. The monoisotopic (exact) mass is 604 g/mol. The van der Waals surface area contributed by atoms with Gasteiger partial charge in [0.05, 0.1) is 17.6 Å². The first-order chi connectivity index (χ1) is 21.3. The lowest BCUT2D eigenvalue weighted by atomic mass is 10.0. The number of carbonyl (C=O) groups excluding carboxylic acids is 1. The predicted molar refractivity (Wildman–Crippen MR) is 163 cm³/mol. The molecule has 3 heterocycles. The molecule has 4 aromatic rings. The molecule has 12 heteroatoms. The van der Waals surface area contributed by atoms with Gasteiger partial charge in [0.15, 0.2) is 5.82 Å². The second-order valence-electron chi connectivity index (χ2n) is 11.3. The number of piperazine rings is 1. The van der Waals surface area contributed by atoms with Gasteiger partial charge in [0.2, 0.25) is 0 Å². The quantitative estimate of drug-likeness (QED) is 0.221. The highest BCUT2D eigenvalue weighted by atomic mass is 19.1. The smallest absolute Gasteiger partial charge is 0.317 e. The number of fused-ring (bicyclic) bond motifs is 1. The number of halogens is 2. The first kappa shape index (κ1) is 29.5. The highest BCUT2D eigenvalue weighted by molar-refractivity contribution is 6.11. The van der Waals surface area contributed by atoms with E-state index in [2.05, 4.69) is 25.7 Å². The molecule has 1 aromatic heterocycles. The van der Waals surface area contributed by atoms with Crippen LogP contribution in [0.2, 0.25) is 0 Å². The highest BCUT2D eigenvalue weighted by Gasteiger charge is 2.23. The summed E-state index contributed by atoms with van der Waals surface area (Å²) in [6.07, 6.45) is 1.96. The van der Waals surface area contributed by atoms with Crippen molar-refractivity contribution in [1.82, 2.24) is 15.1 Å². The van der Waals surface area contributed by atoms with E-state index >= 15 is 0 Å². The van der Waals surface area contributed by atoms with Gasteiger partial charge in [0.1, 0.15) is 11.6 Å². The molecular formula is C32H34F2N6O4. The summed E-state index contributed by atoms with van der Waals surface area (Å²) in [6, 6.07) is 14.8. The fraction of sp³-hybridized carbons (Fsp3) is 0.344. The minimum atomic E-state index is -0.834. The van der Waals surface area contributed by atoms with Gasteiger partial charge >= 0.3 is 5.97 Å². The number of hydrogen-bond acceptors (Lipinski definition) is 7. The largest absolute Gasteiger partial charge is 0.480 e. The van der Waals surface area contributed by atoms with Gasteiger partial charge in [0, 0.05) is 68.3 Å². The molecule has 1 amide bonds. The third-order valence-electron chi connectivity index (χ3n) is 8.11. The lowest BCUT2D eigenvalue weighted by Crippen LogP contribution is -2.48. The molecule has 0 saturated carbocycles. The van der Waals surface area contributed by atoms with Crippen LogP contribution in [-0.4, -0.2) is 84.1 Å². The number of carboxylic acids is 1.